The Morgan fingerprint density at radius 1 is 0.939 bits per heavy atom. The molecule has 0 saturated carbocycles. The van der Waals surface area contributed by atoms with Gasteiger partial charge in [-0.05, 0) is 88.3 Å². The van der Waals surface area contributed by atoms with Crippen LogP contribution in [0.25, 0.3) is 0 Å². The summed E-state index contributed by atoms with van der Waals surface area (Å²) in [5.74, 6) is -0.182. The lowest BCUT2D eigenvalue weighted by Gasteiger charge is -2.35. The van der Waals surface area contributed by atoms with Gasteiger partial charge in [-0.15, -0.1) is 0 Å². The summed E-state index contributed by atoms with van der Waals surface area (Å²) < 4.78 is 0. The zero-order valence-corrected chi connectivity index (χ0v) is 19.8. The quantitative estimate of drug-likeness (QED) is 0.608. The minimum absolute atomic E-state index is 0.0190. The van der Waals surface area contributed by atoms with Gasteiger partial charge in [-0.3, -0.25) is 9.59 Å². The van der Waals surface area contributed by atoms with E-state index < -0.39 is 0 Å². The van der Waals surface area contributed by atoms with Crippen molar-refractivity contribution in [3.63, 3.8) is 0 Å². The van der Waals surface area contributed by atoms with Crippen LogP contribution in [0.2, 0.25) is 0 Å². The van der Waals surface area contributed by atoms with Crippen LogP contribution in [-0.2, 0) is 6.42 Å². The molecule has 170 valence electrons. The van der Waals surface area contributed by atoms with Crippen molar-refractivity contribution in [1.29, 1.82) is 0 Å². The molecule has 5 nitrogen and oxygen atoms in total. The molecule has 5 heteroatoms. The molecule has 33 heavy (non-hydrogen) atoms. The van der Waals surface area contributed by atoms with E-state index in [-0.39, 0.29) is 17.4 Å². The highest BCUT2D eigenvalue weighted by Crippen LogP contribution is 2.34. The maximum absolute atomic E-state index is 13.5. The highest BCUT2D eigenvalue weighted by atomic mass is 16.2. The van der Waals surface area contributed by atoms with E-state index in [1.807, 2.05) is 48.2 Å². The van der Waals surface area contributed by atoms with Crippen molar-refractivity contribution in [1.82, 2.24) is 4.90 Å². The highest BCUT2D eigenvalue weighted by molar-refractivity contribution is 6.08. The van der Waals surface area contributed by atoms with Crippen LogP contribution in [0.3, 0.4) is 0 Å². The molecule has 0 aliphatic carbocycles. The molecule has 0 bridgehead atoms. The lowest BCUT2D eigenvalue weighted by molar-refractivity contribution is 0.0980. The summed E-state index contributed by atoms with van der Waals surface area (Å²) in [5.41, 5.74) is 4.97. The molecule has 0 fully saturated rings. The molecule has 1 N–H and O–H groups in total. The molecular formula is C28H31N3O2. The maximum Gasteiger partial charge on any atom is 0.258 e. The molecule has 0 saturated heterocycles. The Balaban J connectivity index is 1.55. The van der Waals surface area contributed by atoms with Gasteiger partial charge in [0.15, 0.2) is 0 Å². The summed E-state index contributed by atoms with van der Waals surface area (Å²) in [6.07, 6.45) is 1.77. The third kappa shape index (κ3) is 4.69. The Morgan fingerprint density at radius 3 is 2.30 bits per heavy atom. The summed E-state index contributed by atoms with van der Waals surface area (Å²) in [7, 11) is 4.20. The summed E-state index contributed by atoms with van der Waals surface area (Å²) in [4.78, 5) is 30.3. The summed E-state index contributed by atoms with van der Waals surface area (Å²) in [6, 6.07) is 22.8. The number of amides is 2. The fourth-order valence-electron chi connectivity index (χ4n) is 4.37. The molecule has 1 aliphatic heterocycles. The number of hydrogen-bond donors (Lipinski definition) is 1. The number of aryl methyl sites for hydroxylation is 1. The van der Waals surface area contributed by atoms with Gasteiger partial charge >= 0.3 is 0 Å². The molecule has 0 radical (unpaired) electrons. The van der Waals surface area contributed by atoms with E-state index in [1.165, 1.54) is 5.56 Å². The number of carbonyl (C=O) groups is 2. The molecule has 1 unspecified atom stereocenters. The second-order valence-corrected chi connectivity index (χ2v) is 9.25. The lowest BCUT2D eigenvalue weighted by Crippen LogP contribution is -2.44. The van der Waals surface area contributed by atoms with Gasteiger partial charge in [0.25, 0.3) is 11.8 Å². The fraction of sp³-hybridized carbons (Fsp3) is 0.286. The Morgan fingerprint density at radius 2 is 1.61 bits per heavy atom. The largest absolute Gasteiger partial charge is 0.322 e. The van der Waals surface area contributed by atoms with E-state index in [1.54, 1.807) is 30.3 Å². The van der Waals surface area contributed by atoms with Crippen molar-refractivity contribution in [2.45, 2.75) is 32.2 Å². The topological polar surface area (TPSA) is 52.7 Å². The number of nitrogens with zero attached hydrogens (tertiary/aromatic N) is 2. The average molecular weight is 442 g/mol. The number of anilines is 2. The first kappa shape index (κ1) is 22.7. The van der Waals surface area contributed by atoms with Crippen molar-refractivity contribution in [3.8, 4) is 0 Å². The zero-order valence-electron chi connectivity index (χ0n) is 19.8. The molecule has 4 rings (SSSR count). The van der Waals surface area contributed by atoms with Gasteiger partial charge in [0, 0.05) is 34.6 Å². The number of rotatable bonds is 4. The zero-order chi connectivity index (χ0) is 23.6. The van der Waals surface area contributed by atoms with E-state index in [9.17, 15) is 9.59 Å². The molecule has 3 aromatic rings. The number of nitrogens with one attached hydrogen (secondary N) is 1. The van der Waals surface area contributed by atoms with E-state index in [0.717, 1.165) is 24.1 Å². The molecule has 1 atom stereocenters. The van der Waals surface area contributed by atoms with E-state index in [0.29, 0.717) is 23.4 Å². The molecule has 0 spiro atoms. The lowest BCUT2D eigenvalue weighted by atomic mass is 9.89. The number of fused-ring (bicyclic) bond motifs is 1. The number of likely N-dealkylation sites (N-methyl/N-ethyl adjacent to an activating group) is 1. The Hall–Kier alpha value is -3.44. The molecule has 2 amide bonds. The molecule has 0 aromatic heterocycles. The number of benzene rings is 3. The van der Waals surface area contributed by atoms with Crippen molar-refractivity contribution < 1.29 is 9.59 Å². The van der Waals surface area contributed by atoms with E-state index in [4.69, 9.17) is 0 Å². The van der Waals surface area contributed by atoms with Gasteiger partial charge in [-0.1, -0.05) is 36.4 Å². The average Bonchev–Trinajstić information content (AvgIpc) is 2.96. The van der Waals surface area contributed by atoms with Gasteiger partial charge in [-0.2, -0.15) is 0 Å². The fourth-order valence-corrected chi connectivity index (χ4v) is 4.37. The molecular weight excluding hydrogens is 410 g/mol. The van der Waals surface area contributed by atoms with Crippen LogP contribution in [0.1, 0.15) is 45.2 Å². The minimum Gasteiger partial charge on any atom is -0.322 e. The predicted molar refractivity (Wildman–Crippen MR) is 134 cm³/mol. The van der Waals surface area contributed by atoms with Gasteiger partial charge in [0.2, 0.25) is 0 Å². The van der Waals surface area contributed by atoms with E-state index in [2.05, 4.69) is 37.3 Å². The standard InChI is InChI=1S/C28H31N3O2/c1-20-9-5-7-11-24(20)26(32)29-23-15-13-21(14-16-23)27(33)31-18-17-28(2,30(3)4)19-22-10-6-8-12-25(22)31/h5-16H,17-19H2,1-4H3,(H,29,32). The van der Waals surface area contributed by atoms with Crippen LogP contribution in [0.4, 0.5) is 11.4 Å². The summed E-state index contributed by atoms with van der Waals surface area (Å²) >= 11 is 0. The minimum atomic E-state index is -0.156. The number of hydrogen-bond acceptors (Lipinski definition) is 3. The van der Waals surface area contributed by atoms with Crippen LogP contribution in [0.5, 0.6) is 0 Å². The van der Waals surface area contributed by atoms with Gasteiger partial charge in [0.1, 0.15) is 0 Å². The van der Waals surface area contributed by atoms with Crippen LogP contribution in [-0.4, -0.2) is 42.9 Å². The first-order valence-corrected chi connectivity index (χ1v) is 11.3. The molecule has 1 heterocycles. The van der Waals surface area contributed by atoms with Gasteiger partial charge in [0.05, 0.1) is 0 Å². The Kier molecular flexibility index (Phi) is 6.34. The van der Waals surface area contributed by atoms with Crippen LogP contribution < -0.4 is 10.2 Å². The second-order valence-electron chi connectivity index (χ2n) is 9.25. The smallest absolute Gasteiger partial charge is 0.258 e. The summed E-state index contributed by atoms with van der Waals surface area (Å²) in [5, 5.41) is 2.92. The third-order valence-electron chi connectivity index (χ3n) is 6.83. The summed E-state index contributed by atoms with van der Waals surface area (Å²) in [6.45, 7) is 4.82. The monoisotopic (exact) mass is 441 g/mol. The van der Waals surface area contributed by atoms with Gasteiger partial charge < -0.3 is 15.1 Å². The Labute approximate surface area is 196 Å². The highest BCUT2D eigenvalue weighted by Gasteiger charge is 2.34. The molecule has 1 aliphatic rings. The van der Waals surface area contributed by atoms with Crippen molar-refractivity contribution in [2.75, 3.05) is 30.9 Å². The van der Waals surface area contributed by atoms with Crippen molar-refractivity contribution in [2.24, 2.45) is 0 Å². The van der Waals surface area contributed by atoms with Crippen LogP contribution >= 0.6 is 0 Å². The SMILES string of the molecule is Cc1ccccc1C(=O)Nc1ccc(C(=O)N2CCC(C)(N(C)C)Cc3ccccc32)cc1. The Bertz CT molecular complexity index is 1170. The van der Waals surface area contributed by atoms with Crippen molar-refractivity contribution in [3.05, 3.63) is 95.1 Å². The van der Waals surface area contributed by atoms with Crippen LogP contribution in [0.15, 0.2) is 72.8 Å². The maximum atomic E-state index is 13.5. The van der Waals surface area contributed by atoms with Crippen molar-refractivity contribution >= 4 is 23.2 Å². The molecule has 3 aromatic carbocycles. The van der Waals surface area contributed by atoms with Crippen LogP contribution in [0, 0.1) is 6.92 Å². The van der Waals surface area contributed by atoms with Gasteiger partial charge in [-0.25, -0.2) is 0 Å². The number of para-hydroxylation sites is 1. The normalized spacial score (nSPS) is 17.9. The predicted octanol–water partition coefficient (Wildman–Crippen LogP) is 5.16. The second kappa shape index (κ2) is 9.20. The first-order valence-electron chi connectivity index (χ1n) is 11.3. The van der Waals surface area contributed by atoms with E-state index >= 15 is 0 Å². The third-order valence-corrected chi connectivity index (χ3v) is 6.83. The first-order chi connectivity index (χ1) is 15.8. The number of carbonyl (C=O) groups excluding carboxylic acids is 2.